The molecule has 1 aliphatic rings. The van der Waals surface area contributed by atoms with E-state index in [-0.39, 0.29) is 10.8 Å². The van der Waals surface area contributed by atoms with E-state index in [0.717, 1.165) is 22.6 Å². The summed E-state index contributed by atoms with van der Waals surface area (Å²) in [5.41, 5.74) is 9.14. The third-order valence-electron chi connectivity index (χ3n) is 5.04. The van der Waals surface area contributed by atoms with Crippen molar-refractivity contribution in [3.05, 3.63) is 23.8 Å². The van der Waals surface area contributed by atoms with Crippen LogP contribution in [-0.4, -0.2) is 20.2 Å². The zero-order chi connectivity index (χ0) is 14.7. The van der Waals surface area contributed by atoms with E-state index in [0.29, 0.717) is 6.04 Å². The number of hydrogen-bond donors (Lipinski definition) is 1. The Morgan fingerprint density at radius 3 is 2.30 bits per heavy atom. The predicted molar refractivity (Wildman–Crippen MR) is 79.0 cm³/mol. The van der Waals surface area contributed by atoms with Crippen molar-refractivity contribution in [1.29, 1.82) is 0 Å². The van der Waals surface area contributed by atoms with Gasteiger partial charge in [0.15, 0.2) is 5.82 Å². The average molecular weight is 271 g/mol. The minimum atomic E-state index is 0.187. The highest BCUT2D eigenvalue weighted by molar-refractivity contribution is 5.63. The Morgan fingerprint density at radius 1 is 1.10 bits per heavy atom. The zero-order valence-electron chi connectivity index (χ0n) is 12.7. The van der Waals surface area contributed by atoms with Gasteiger partial charge in [0.1, 0.15) is 0 Å². The summed E-state index contributed by atoms with van der Waals surface area (Å²) in [5.74, 6) is 0.795. The number of nitrogens with zero attached hydrogens (tertiary/aromatic N) is 4. The smallest absolute Gasteiger partial charge is 0.182 e. The van der Waals surface area contributed by atoms with Gasteiger partial charge < -0.3 is 5.73 Å². The Hall–Kier alpha value is -1.91. The summed E-state index contributed by atoms with van der Waals surface area (Å²) >= 11 is 0. The van der Waals surface area contributed by atoms with Gasteiger partial charge in [-0.1, -0.05) is 27.7 Å². The second-order valence-electron chi connectivity index (χ2n) is 6.93. The molecule has 3 rings (SSSR count). The summed E-state index contributed by atoms with van der Waals surface area (Å²) < 4.78 is 1.95. The third kappa shape index (κ3) is 1.65. The zero-order valence-corrected chi connectivity index (χ0v) is 12.7. The molecular weight excluding hydrogens is 250 g/mol. The quantitative estimate of drug-likeness (QED) is 0.853. The molecule has 0 aliphatic heterocycles. The molecule has 5 nitrogen and oxygen atoms in total. The lowest BCUT2D eigenvalue weighted by molar-refractivity contribution is 0.457. The lowest BCUT2D eigenvalue weighted by Gasteiger charge is -2.08. The molecule has 0 unspecified atom stereocenters. The van der Waals surface area contributed by atoms with Crippen LogP contribution in [0.4, 0.5) is 5.69 Å². The second kappa shape index (κ2) is 3.81. The van der Waals surface area contributed by atoms with Gasteiger partial charge in [-0.2, -0.15) is 0 Å². The van der Waals surface area contributed by atoms with Crippen molar-refractivity contribution in [2.45, 2.75) is 40.7 Å². The van der Waals surface area contributed by atoms with E-state index in [1.54, 1.807) is 0 Å². The number of nitrogen functional groups attached to an aromatic ring is 1. The van der Waals surface area contributed by atoms with Crippen LogP contribution in [0.25, 0.3) is 11.4 Å². The van der Waals surface area contributed by atoms with Gasteiger partial charge in [0.05, 0.1) is 6.04 Å². The van der Waals surface area contributed by atoms with Crippen molar-refractivity contribution >= 4 is 5.69 Å². The van der Waals surface area contributed by atoms with Crippen LogP contribution in [0.1, 0.15) is 39.3 Å². The number of tetrazole rings is 1. The molecule has 5 heteroatoms. The van der Waals surface area contributed by atoms with E-state index in [9.17, 15) is 0 Å². The lowest BCUT2D eigenvalue weighted by atomic mass is 10.0. The molecule has 20 heavy (non-hydrogen) atoms. The first-order valence-corrected chi connectivity index (χ1v) is 6.90. The minimum absolute atomic E-state index is 0.187. The Labute approximate surface area is 119 Å². The largest absolute Gasteiger partial charge is 0.399 e. The van der Waals surface area contributed by atoms with E-state index < -0.39 is 0 Å². The fourth-order valence-corrected chi connectivity index (χ4v) is 3.27. The molecule has 1 aromatic carbocycles. The molecule has 0 saturated heterocycles. The molecule has 106 valence electrons. The molecule has 0 amide bonds. The average Bonchev–Trinajstić information content (AvgIpc) is 2.67. The molecule has 1 heterocycles. The Bertz CT molecular complexity index is 634. The van der Waals surface area contributed by atoms with Gasteiger partial charge in [-0.3, -0.25) is 0 Å². The van der Waals surface area contributed by atoms with Gasteiger partial charge in [-0.25, -0.2) is 4.68 Å². The minimum Gasteiger partial charge on any atom is -0.399 e. The molecule has 1 fully saturated rings. The molecule has 0 bridgehead atoms. The fourth-order valence-electron chi connectivity index (χ4n) is 3.27. The molecule has 2 N–H and O–H groups in total. The van der Waals surface area contributed by atoms with Gasteiger partial charge in [-0.05, 0) is 51.9 Å². The van der Waals surface area contributed by atoms with Crippen molar-refractivity contribution in [1.82, 2.24) is 20.2 Å². The van der Waals surface area contributed by atoms with Crippen molar-refractivity contribution in [3.63, 3.8) is 0 Å². The summed E-state index contributed by atoms with van der Waals surface area (Å²) in [6, 6.07) is 6.25. The lowest BCUT2D eigenvalue weighted by Crippen LogP contribution is -2.06. The topological polar surface area (TPSA) is 69.6 Å². The molecule has 1 aliphatic carbocycles. The van der Waals surface area contributed by atoms with Gasteiger partial charge in [-0.15, -0.1) is 5.10 Å². The summed E-state index contributed by atoms with van der Waals surface area (Å²) in [7, 11) is 0. The monoisotopic (exact) mass is 271 g/mol. The molecule has 1 saturated carbocycles. The highest BCUT2D eigenvalue weighted by atomic mass is 15.6. The molecule has 0 spiro atoms. The van der Waals surface area contributed by atoms with Crippen LogP contribution in [0.3, 0.4) is 0 Å². The summed E-state index contributed by atoms with van der Waals surface area (Å²) in [5, 5.41) is 12.3. The van der Waals surface area contributed by atoms with E-state index >= 15 is 0 Å². The Balaban J connectivity index is 2.08. The molecule has 2 aromatic rings. The number of aryl methyl sites for hydroxylation is 1. The first-order chi connectivity index (χ1) is 9.25. The first kappa shape index (κ1) is 13.1. The van der Waals surface area contributed by atoms with Crippen LogP contribution in [0, 0.1) is 17.8 Å². The van der Waals surface area contributed by atoms with Crippen LogP contribution >= 0.6 is 0 Å². The van der Waals surface area contributed by atoms with Crippen molar-refractivity contribution in [2.75, 3.05) is 5.73 Å². The van der Waals surface area contributed by atoms with Crippen molar-refractivity contribution in [2.24, 2.45) is 10.8 Å². The predicted octanol–water partition coefficient (Wildman–Crippen LogP) is 2.84. The number of nitrogens with two attached hydrogens (primary N) is 1. The highest BCUT2D eigenvalue weighted by Gasteiger charge is 2.67. The first-order valence-electron chi connectivity index (χ1n) is 6.90. The molecule has 0 radical (unpaired) electrons. The van der Waals surface area contributed by atoms with Gasteiger partial charge >= 0.3 is 0 Å². The number of benzene rings is 1. The van der Waals surface area contributed by atoms with Crippen LogP contribution < -0.4 is 5.73 Å². The van der Waals surface area contributed by atoms with Gasteiger partial charge in [0.2, 0.25) is 0 Å². The van der Waals surface area contributed by atoms with Gasteiger partial charge in [0, 0.05) is 11.3 Å². The van der Waals surface area contributed by atoms with E-state index in [1.807, 2.05) is 23.7 Å². The van der Waals surface area contributed by atoms with E-state index in [1.165, 1.54) is 0 Å². The number of anilines is 1. The van der Waals surface area contributed by atoms with Crippen molar-refractivity contribution < 1.29 is 0 Å². The van der Waals surface area contributed by atoms with Crippen LogP contribution in [0.15, 0.2) is 18.2 Å². The summed E-state index contributed by atoms with van der Waals surface area (Å²) in [4.78, 5) is 0. The number of hydrogen-bond acceptors (Lipinski definition) is 4. The maximum Gasteiger partial charge on any atom is 0.182 e. The van der Waals surface area contributed by atoms with Crippen LogP contribution in [-0.2, 0) is 0 Å². The van der Waals surface area contributed by atoms with Crippen LogP contribution in [0.2, 0.25) is 0 Å². The molecular formula is C15H21N5. The number of rotatable bonds is 2. The van der Waals surface area contributed by atoms with E-state index in [4.69, 9.17) is 5.73 Å². The van der Waals surface area contributed by atoms with Crippen molar-refractivity contribution in [3.8, 4) is 11.4 Å². The van der Waals surface area contributed by atoms with Crippen LogP contribution in [0.5, 0.6) is 0 Å². The fraction of sp³-hybridized carbons (Fsp3) is 0.533. The summed E-state index contributed by atoms with van der Waals surface area (Å²) in [6.45, 7) is 11.1. The maximum absolute atomic E-state index is 5.94. The number of aromatic nitrogens is 4. The molecule has 1 aromatic heterocycles. The van der Waals surface area contributed by atoms with Gasteiger partial charge in [0.25, 0.3) is 0 Å². The Kier molecular flexibility index (Phi) is 2.49. The maximum atomic E-state index is 5.94. The highest BCUT2D eigenvalue weighted by Crippen LogP contribution is 2.71. The second-order valence-corrected chi connectivity index (χ2v) is 6.93. The van der Waals surface area contributed by atoms with E-state index in [2.05, 4.69) is 49.3 Å². The standard InChI is InChI=1S/C15H21N5/c1-9-6-10(8-11(16)7-9)12-17-18-19-20(12)13-14(2,3)15(13,4)5/h6-8,13H,16H2,1-5H3. The Morgan fingerprint density at radius 2 is 1.75 bits per heavy atom. The summed E-state index contributed by atoms with van der Waals surface area (Å²) in [6.07, 6.45) is 0. The third-order valence-corrected chi connectivity index (χ3v) is 5.04. The normalized spacial score (nSPS) is 20.1. The SMILES string of the molecule is Cc1cc(N)cc(-c2nnnn2C2C(C)(C)C2(C)C)c1. The molecule has 0 atom stereocenters.